The van der Waals surface area contributed by atoms with E-state index < -0.39 is 0 Å². The van der Waals surface area contributed by atoms with Gasteiger partial charge in [0.2, 0.25) is 5.91 Å². The van der Waals surface area contributed by atoms with Gasteiger partial charge in [-0.2, -0.15) is 5.10 Å². The van der Waals surface area contributed by atoms with Crippen molar-refractivity contribution in [3.8, 4) is 5.69 Å². The maximum absolute atomic E-state index is 12.9. The third kappa shape index (κ3) is 3.87. The number of para-hydroxylation sites is 1. The number of benzene rings is 2. The van der Waals surface area contributed by atoms with E-state index in [1.54, 1.807) is 23.0 Å². The first kappa shape index (κ1) is 15.9. The van der Waals surface area contributed by atoms with Gasteiger partial charge in [-0.1, -0.05) is 30.3 Å². The van der Waals surface area contributed by atoms with Crippen molar-refractivity contribution in [2.75, 3.05) is 0 Å². The molecule has 24 heavy (non-hydrogen) atoms. The van der Waals surface area contributed by atoms with Gasteiger partial charge >= 0.3 is 0 Å². The summed E-state index contributed by atoms with van der Waals surface area (Å²) in [5, 5.41) is 7.20. The van der Waals surface area contributed by atoms with Crippen molar-refractivity contribution in [3.63, 3.8) is 0 Å². The first-order valence-electron chi connectivity index (χ1n) is 7.75. The average Bonchev–Trinajstić information content (AvgIpc) is 3.04. The van der Waals surface area contributed by atoms with E-state index >= 15 is 0 Å². The van der Waals surface area contributed by atoms with Gasteiger partial charge < -0.3 is 5.32 Å². The molecule has 1 N–H and O–H groups in total. The normalized spacial score (nSPS) is 11.9. The maximum Gasteiger partial charge on any atom is 0.225 e. The molecule has 122 valence electrons. The Labute approximate surface area is 139 Å². The zero-order valence-electron chi connectivity index (χ0n) is 13.3. The third-order valence-corrected chi connectivity index (χ3v) is 3.77. The summed E-state index contributed by atoms with van der Waals surface area (Å²) in [6, 6.07) is 15.7. The monoisotopic (exact) mass is 323 g/mol. The van der Waals surface area contributed by atoms with E-state index in [4.69, 9.17) is 0 Å². The van der Waals surface area contributed by atoms with E-state index in [1.165, 1.54) is 12.1 Å². The minimum atomic E-state index is -0.286. The van der Waals surface area contributed by atoms with E-state index in [-0.39, 0.29) is 24.2 Å². The number of hydrogen-bond acceptors (Lipinski definition) is 2. The maximum atomic E-state index is 12.9. The molecule has 3 aromatic rings. The average molecular weight is 323 g/mol. The van der Waals surface area contributed by atoms with Gasteiger partial charge in [-0.3, -0.25) is 4.79 Å². The van der Waals surface area contributed by atoms with Gasteiger partial charge in [-0.25, -0.2) is 9.07 Å². The summed E-state index contributed by atoms with van der Waals surface area (Å²) in [7, 11) is 0. The Morgan fingerprint density at radius 2 is 1.88 bits per heavy atom. The highest BCUT2D eigenvalue weighted by atomic mass is 19.1. The number of halogens is 1. The fraction of sp³-hybridized carbons (Fsp3) is 0.158. The van der Waals surface area contributed by atoms with Gasteiger partial charge in [0.15, 0.2) is 0 Å². The number of aromatic nitrogens is 2. The molecule has 0 aliphatic heterocycles. The Morgan fingerprint density at radius 3 is 2.58 bits per heavy atom. The number of hydrogen-bond donors (Lipinski definition) is 1. The van der Waals surface area contributed by atoms with Crippen LogP contribution in [-0.2, 0) is 11.2 Å². The molecule has 0 bridgehead atoms. The van der Waals surface area contributed by atoms with Crippen LogP contribution in [0.1, 0.15) is 24.1 Å². The number of amides is 1. The largest absolute Gasteiger partial charge is 0.349 e. The summed E-state index contributed by atoms with van der Waals surface area (Å²) >= 11 is 0. The number of carbonyl (C=O) groups excluding carboxylic acids is 1. The Morgan fingerprint density at radius 1 is 1.17 bits per heavy atom. The van der Waals surface area contributed by atoms with Gasteiger partial charge in [0.05, 0.1) is 24.3 Å². The lowest BCUT2D eigenvalue weighted by molar-refractivity contribution is -0.121. The van der Waals surface area contributed by atoms with Gasteiger partial charge in [-0.15, -0.1) is 0 Å². The van der Waals surface area contributed by atoms with Crippen molar-refractivity contribution in [1.29, 1.82) is 0 Å². The van der Waals surface area contributed by atoms with Crippen LogP contribution in [0.2, 0.25) is 0 Å². The highest BCUT2D eigenvalue weighted by Gasteiger charge is 2.11. The van der Waals surface area contributed by atoms with Crippen LogP contribution < -0.4 is 5.32 Å². The van der Waals surface area contributed by atoms with Crippen LogP contribution >= 0.6 is 0 Å². The van der Waals surface area contributed by atoms with Crippen molar-refractivity contribution in [1.82, 2.24) is 15.1 Å². The standard InChI is InChI=1S/C19H18FN3O/c1-14(16-7-9-17(20)10-8-16)22-19(24)11-15-12-21-23(13-15)18-5-3-2-4-6-18/h2-10,12-14H,11H2,1H3,(H,22,24). The summed E-state index contributed by atoms with van der Waals surface area (Å²) in [5.74, 6) is -0.384. The molecule has 4 nitrogen and oxygen atoms in total. The van der Waals surface area contributed by atoms with Gasteiger partial charge in [-0.05, 0) is 42.3 Å². The molecular weight excluding hydrogens is 305 g/mol. The Balaban J connectivity index is 1.61. The predicted octanol–water partition coefficient (Wildman–Crippen LogP) is 3.43. The lowest BCUT2D eigenvalue weighted by atomic mass is 10.1. The topological polar surface area (TPSA) is 46.9 Å². The smallest absolute Gasteiger partial charge is 0.225 e. The zero-order chi connectivity index (χ0) is 16.9. The minimum Gasteiger partial charge on any atom is -0.349 e. The van der Waals surface area contributed by atoms with Crippen LogP contribution in [0.15, 0.2) is 67.0 Å². The summed E-state index contributed by atoms with van der Waals surface area (Å²) in [6.07, 6.45) is 3.78. The molecule has 0 aliphatic carbocycles. The number of nitrogens with zero attached hydrogens (tertiary/aromatic N) is 2. The van der Waals surface area contributed by atoms with Crippen LogP contribution in [0.3, 0.4) is 0 Å². The van der Waals surface area contributed by atoms with Crippen molar-refractivity contribution in [2.45, 2.75) is 19.4 Å². The Bertz CT molecular complexity index is 812. The second-order valence-corrected chi connectivity index (χ2v) is 5.65. The summed E-state index contributed by atoms with van der Waals surface area (Å²) in [5.41, 5.74) is 2.65. The molecule has 2 aromatic carbocycles. The fourth-order valence-electron chi connectivity index (χ4n) is 2.49. The highest BCUT2D eigenvalue weighted by Crippen LogP contribution is 2.13. The number of nitrogens with one attached hydrogen (secondary N) is 1. The second-order valence-electron chi connectivity index (χ2n) is 5.65. The predicted molar refractivity (Wildman–Crippen MR) is 90.2 cm³/mol. The highest BCUT2D eigenvalue weighted by molar-refractivity contribution is 5.78. The molecule has 1 aromatic heterocycles. The molecule has 0 aliphatic rings. The van der Waals surface area contributed by atoms with E-state index in [0.717, 1.165) is 16.8 Å². The van der Waals surface area contributed by atoms with Crippen molar-refractivity contribution < 1.29 is 9.18 Å². The van der Waals surface area contributed by atoms with Crippen LogP contribution in [0.25, 0.3) is 5.69 Å². The van der Waals surface area contributed by atoms with Crippen molar-refractivity contribution in [3.05, 3.63) is 83.9 Å². The molecule has 1 heterocycles. The molecule has 0 spiro atoms. The summed E-state index contributed by atoms with van der Waals surface area (Å²) in [4.78, 5) is 12.2. The van der Waals surface area contributed by atoms with Crippen LogP contribution in [0, 0.1) is 5.82 Å². The third-order valence-electron chi connectivity index (χ3n) is 3.77. The minimum absolute atomic E-state index is 0.0977. The van der Waals surface area contributed by atoms with E-state index in [1.807, 2.05) is 43.5 Å². The van der Waals surface area contributed by atoms with Crippen molar-refractivity contribution in [2.24, 2.45) is 0 Å². The SMILES string of the molecule is CC(NC(=O)Cc1cnn(-c2ccccc2)c1)c1ccc(F)cc1. The lowest BCUT2D eigenvalue weighted by Crippen LogP contribution is -2.28. The lowest BCUT2D eigenvalue weighted by Gasteiger charge is -2.14. The van der Waals surface area contributed by atoms with Crippen LogP contribution in [-0.4, -0.2) is 15.7 Å². The Kier molecular flexibility index (Phi) is 4.70. The first-order chi connectivity index (χ1) is 11.6. The van der Waals surface area contributed by atoms with Crippen LogP contribution in [0.4, 0.5) is 4.39 Å². The second kappa shape index (κ2) is 7.08. The molecule has 5 heteroatoms. The zero-order valence-corrected chi connectivity index (χ0v) is 13.3. The molecule has 0 fully saturated rings. The summed E-state index contributed by atoms with van der Waals surface area (Å²) in [6.45, 7) is 1.87. The quantitative estimate of drug-likeness (QED) is 0.782. The number of rotatable bonds is 5. The number of carbonyl (C=O) groups is 1. The van der Waals surface area contributed by atoms with E-state index in [9.17, 15) is 9.18 Å². The van der Waals surface area contributed by atoms with Crippen molar-refractivity contribution >= 4 is 5.91 Å². The Hall–Kier alpha value is -2.95. The molecule has 1 amide bonds. The van der Waals surface area contributed by atoms with Gasteiger partial charge in [0.1, 0.15) is 5.82 Å². The molecule has 1 atom stereocenters. The van der Waals surface area contributed by atoms with E-state index in [0.29, 0.717) is 0 Å². The molecular formula is C19H18FN3O. The van der Waals surface area contributed by atoms with Crippen LogP contribution in [0.5, 0.6) is 0 Å². The van der Waals surface area contributed by atoms with Gasteiger partial charge in [0, 0.05) is 6.20 Å². The molecule has 0 saturated heterocycles. The summed E-state index contributed by atoms with van der Waals surface area (Å²) < 4.78 is 14.7. The molecule has 3 rings (SSSR count). The molecule has 0 radical (unpaired) electrons. The first-order valence-corrected chi connectivity index (χ1v) is 7.75. The van der Waals surface area contributed by atoms with E-state index in [2.05, 4.69) is 10.4 Å². The molecule has 1 unspecified atom stereocenters. The van der Waals surface area contributed by atoms with Gasteiger partial charge in [0.25, 0.3) is 0 Å². The molecule has 0 saturated carbocycles. The fourth-order valence-corrected chi connectivity index (χ4v) is 2.49.